The summed E-state index contributed by atoms with van der Waals surface area (Å²) in [4.78, 5) is 18.1. The lowest BCUT2D eigenvalue weighted by Crippen LogP contribution is -2.36. The van der Waals surface area contributed by atoms with E-state index in [0.717, 1.165) is 23.6 Å². The molecule has 3 rings (SSSR count). The van der Waals surface area contributed by atoms with Crippen LogP contribution < -0.4 is 0 Å². The number of fused-ring (bicyclic) bond motifs is 2. The smallest absolute Gasteiger partial charge is 0.134 e. The van der Waals surface area contributed by atoms with Crippen LogP contribution in [0, 0.1) is 0 Å². The molecule has 0 bridgehead atoms. The molecule has 2 atom stereocenters. The average molecular weight is 244 g/mol. The first-order valence-corrected chi connectivity index (χ1v) is 6.28. The number of carbonyl (C=O) groups is 1. The Hall–Kier alpha value is -1.68. The van der Waals surface area contributed by atoms with Crippen LogP contribution in [0.1, 0.15) is 31.4 Å². The van der Waals surface area contributed by atoms with Gasteiger partial charge in [-0.2, -0.15) is 0 Å². The molecule has 94 valence electrons. The van der Waals surface area contributed by atoms with E-state index in [9.17, 15) is 9.90 Å². The summed E-state index contributed by atoms with van der Waals surface area (Å²) < 4.78 is 0. The molecule has 2 aliphatic heterocycles. The van der Waals surface area contributed by atoms with Gasteiger partial charge in [0.1, 0.15) is 17.7 Å². The number of ketones is 1. The molecule has 0 aromatic heterocycles. The summed E-state index contributed by atoms with van der Waals surface area (Å²) in [5.74, 6) is 0.886. The first-order chi connectivity index (χ1) is 8.66. The Kier molecular flexibility index (Phi) is 2.67. The minimum absolute atomic E-state index is 0.0309. The lowest BCUT2D eigenvalue weighted by atomic mass is 9.97. The lowest BCUT2D eigenvalue weighted by Gasteiger charge is -2.34. The van der Waals surface area contributed by atoms with Crippen LogP contribution in [0.15, 0.2) is 29.3 Å². The van der Waals surface area contributed by atoms with Crippen LogP contribution >= 0.6 is 0 Å². The first-order valence-electron chi connectivity index (χ1n) is 6.28. The molecule has 4 nitrogen and oxygen atoms in total. The number of hydrogen-bond acceptors (Lipinski definition) is 4. The van der Waals surface area contributed by atoms with Crippen molar-refractivity contribution in [2.24, 2.45) is 4.99 Å². The maximum absolute atomic E-state index is 11.5. The number of para-hydroxylation sites is 1. The molecule has 0 aliphatic carbocycles. The van der Waals surface area contributed by atoms with Crippen LogP contribution in [-0.2, 0) is 4.79 Å². The largest absolute Gasteiger partial charge is 0.385 e. The summed E-state index contributed by atoms with van der Waals surface area (Å²) in [6, 6.07) is 7.90. The summed E-state index contributed by atoms with van der Waals surface area (Å²) in [6.07, 6.45) is 0.678. The normalized spacial score (nSPS) is 25.4. The van der Waals surface area contributed by atoms with Crippen molar-refractivity contribution in [1.29, 1.82) is 0 Å². The second kappa shape index (κ2) is 4.21. The molecule has 1 saturated heterocycles. The van der Waals surface area contributed by atoms with Crippen molar-refractivity contribution in [3.63, 3.8) is 0 Å². The molecule has 1 fully saturated rings. The number of benzene rings is 1. The highest BCUT2D eigenvalue weighted by Gasteiger charge is 2.37. The van der Waals surface area contributed by atoms with Gasteiger partial charge in [0, 0.05) is 18.5 Å². The SMILES string of the molecule is CC(=O)C[C@@H]1c2ccccc2N=C2[C@@H](O)CCN21. The van der Waals surface area contributed by atoms with E-state index < -0.39 is 6.10 Å². The number of carbonyl (C=O) groups excluding carboxylic acids is 1. The van der Waals surface area contributed by atoms with Gasteiger partial charge in [-0.25, -0.2) is 4.99 Å². The number of aliphatic imine (C=N–C) groups is 1. The zero-order valence-electron chi connectivity index (χ0n) is 10.3. The van der Waals surface area contributed by atoms with Crippen LogP contribution in [-0.4, -0.2) is 34.3 Å². The molecule has 0 saturated carbocycles. The van der Waals surface area contributed by atoms with Crippen LogP contribution in [0.25, 0.3) is 0 Å². The average Bonchev–Trinajstić information content (AvgIpc) is 2.71. The van der Waals surface area contributed by atoms with Gasteiger partial charge in [-0.3, -0.25) is 4.79 Å². The van der Waals surface area contributed by atoms with Crippen LogP contribution in [0.4, 0.5) is 5.69 Å². The zero-order valence-corrected chi connectivity index (χ0v) is 10.3. The van der Waals surface area contributed by atoms with Crippen molar-refractivity contribution in [3.8, 4) is 0 Å². The predicted octanol–water partition coefficient (Wildman–Crippen LogP) is 1.82. The summed E-state index contributed by atoms with van der Waals surface area (Å²) in [6.45, 7) is 2.38. The standard InChI is InChI=1S/C14H16N2O2/c1-9(17)8-12-10-4-2-3-5-11(10)15-14-13(18)6-7-16(12)14/h2-5,12-13,18H,6-8H2,1H3/t12-,13+/m1/s1. The Morgan fingerprint density at radius 1 is 1.50 bits per heavy atom. The zero-order chi connectivity index (χ0) is 12.7. The van der Waals surface area contributed by atoms with E-state index in [2.05, 4.69) is 9.89 Å². The van der Waals surface area contributed by atoms with Gasteiger partial charge in [-0.05, 0) is 19.4 Å². The number of nitrogens with zero attached hydrogens (tertiary/aromatic N) is 2. The number of aliphatic hydroxyl groups is 1. The van der Waals surface area contributed by atoms with Gasteiger partial charge >= 0.3 is 0 Å². The first kappa shape index (κ1) is 11.4. The second-order valence-corrected chi connectivity index (χ2v) is 4.95. The summed E-state index contributed by atoms with van der Waals surface area (Å²) in [5, 5.41) is 9.94. The minimum Gasteiger partial charge on any atom is -0.385 e. The van der Waals surface area contributed by atoms with Crippen molar-refractivity contribution in [2.45, 2.75) is 31.9 Å². The van der Waals surface area contributed by atoms with Crippen LogP contribution in [0.3, 0.4) is 0 Å². The van der Waals surface area contributed by atoms with Crippen molar-refractivity contribution >= 4 is 17.3 Å². The third kappa shape index (κ3) is 1.73. The fraction of sp³-hybridized carbons (Fsp3) is 0.429. The fourth-order valence-corrected chi connectivity index (χ4v) is 2.81. The highest BCUT2D eigenvalue weighted by molar-refractivity contribution is 5.93. The third-order valence-electron chi connectivity index (χ3n) is 3.62. The topological polar surface area (TPSA) is 52.9 Å². The minimum atomic E-state index is -0.493. The van der Waals surface area contributed by atoms with E-state index >= 15 is 0 Å². The Bertz CT molecular complexity index is 524. The Morgan fingerprint density at radius 3 is 3.06 bits per heavy atom. The molecule has 0 unspecified atom stereocenters. The summed E-state index contributed by atoms with van der Waals surface area (Å²) >= 11 is 0. The molecule has 1 aromatic carbocycles. The van der Waals surface area contributed by atoms with E-state index in [1.165, 1.54) is 0 Å². The lowest BCUT2D eigenvalue weighted by molar-refractivity contribution is -0.117. The van der Waals surface area contributed by atoms with Gasteiger partial charge in [0.25, 0.3) is 0 Å². The third-order valence-corrected chi connectivity index (χ3v) is 3.62. The number of Topliss-reactive ketones (excluding diaryl/α,β-unsaturated/α-hetero) is 1. The molecule has 18 heavy (non-hydrogen) atoms. The Labute approximate surface area is 106 Å². The van der Waals surface area contributed by atoms with E-state index in [1.54, 1.807) is 6.92 Å². The quantitative estimate of drug-likeness (QED) is 0.863. The monoisotopic (exact) mass is 244 g/mol. The molecule has 1 N–H and O–H groups in total. The Morgan fingerprint density at radius 2 is 2.28 bits per heavy atom. The Balaban J connectivity index is 2.07. The number of hydrogen-bond donors (Lipinski definition) is 1. The maximum Gasteiger partial charge on any atom is 0.134 e. The van der Waals surface area contributed by atoms with Crippen LogP contribution in [0.5, 0.6) is 0 Å². The van der Waals surface area contributed by atoms with Gasteiger partial charge in [-0.15, -0.1) is 0 Å². The molecule has 4 heteroatoms. The van der Waals surface area contributed by atoms with E-state index in [-0.39, 0.29) is 11.8 Å². The van der Waals surface area contributed by atoms with E-state index in [0.29, 0.717) is 12.8 Å². The number of aliphatic hydroxyl groups excluding tert-OH is 1. The summed E-state index contributed by atoms with van der Waals surface area (Å²) in [5.41, 5.74) is 1.97. The molecule has 0 radical (unpaired) electrons. The molecule has 2 aliphatic rings. The van der Waals surface area contributed by atoms with Gasteiger partial charge in [0.05, 0.1) is 11.7 Å². The molecule has 0 amide bonds. The van der Waals surface area contributed by atoms with E-state index in [4.69, 9.17) is 0 Å². The van der Waals surface area contributed by atoms with Crippen LogP contribution in [0.2, 0.25) is 0 Å². The van der Waals surface area contributed by atoms with Gasteiger partial charge < -0.3 is 10.0 Å². The van der Waals surface area contributed by atoms with Crippen molar-refractivity contribution in [3.05, 3.63) is 29.8 Å². The maximum atomic E-state index is 11.5. The van der Waals surface area contributed by atoms with Gasteiger partial charge in [0.2, 0.25) is 0 Å². The fourth-order valence-electron chi connectivity index (χ4n) is 2.81. The molecular formula is C14H16N2O2. The molecule has 2 heterocycles. The highest BCUT2D eigenvalue weighted by Crippen LogP contribution is 2.39. The van der Waals surface area contributed by atoms with Gasteiger partial charge in [0.15, 0.2) is 0 Å². The predicted molar refractivity (Wildman–Crippen MR) is 68.9 cm³/mol. The van der Waals surface area contributed by atoms with E-state index in [1.807, 2.05) is 24.3 Å². The molecule has 1 aromatic rings. The van der Waals surface area contributed by atoms with Gasteiger partial charge in [-0.1, -0.05) is 18.2 Å². The number of amidine groups is 1. The number of rotatable bonds is 2. The molecule has 0 spiro atoms. The summed E-state index contributed by atoms with van der Waals surface area (Å²) in [7, 11) is 0. The highest BCUT2D eigenvalue weighted by atomic mass is 16.3. The van der Waals surface area contributed by atoms with Crippen molar-refractivity contribution in [2.75, 3.05) is 6.54 Å². The van der Waals surface area contributed by atoms with Crippen molar-refractivity contribution in [1.82, 2.24) is 4.90 Å². The second-order valence-electron chi connectivity index (χ2n) is 4.95. The molecular weight excluding hydrogens is 228 g/mol. The van der Waals surface area contributed by atoms with Crippen molar-refractivity contribution < 1.29 is 9.90 Å².